The molecule has 0 spiro atoms. The molecule has 0 unspecified atom stereocenters. The fourth-order valence-electron chi connectivity index (χ4n) is 3.17. The molecule has 1 aliphatic heterocycles. The zero-order valence-corrected chi connectivity index (χ0v) is 18.9. The predicted molar refractivity (Wildman–Crippen MR) is 118 cm³/mol. The van der Waals surface area contributed by atoms with Crippen LogP contribution in [-0.4, -0.2) is 56.9 Å². The number of benzene rings is 1. The van der Waals surface area contributed by atoms with Crippen molar-refractivity contribution in [3.8, 4) is 0 Å². The minimum Gasteiger partial charge on any atom is -0.352 e. The number of sulfonamides is 1. The third-order valence-corrected chi connectivity index (χ3v) is 6.46. The van der Waals surface area contributed by atoms with Gasteiger partial charge in [0.2, 0.25) is 21.8 Å². The molecule has 1 saturated heterocycles. The Labute approximate surface area is 179 Å². The Hall–Kier alpha value is -2.23. The van der Waals surface area contributed by atoms with Crippen molar-refractivity contribution in [2.75, 3.05) is 25.0 Å². The molecule has 166 valence electrons. The average molecular weight is 437 g/mol. The third kappa shape index (κ3) is 7.55. The lowest BCUT2D eigenvalue weighted by atomic mass is 10.0. The van der Waals surface area contributed by atoms with Gasteiger partial charge in [0, 0.05) is 38.3 Å². The molecule has 0 bridgehead atoms. The molecule has 8 nitrogen and oxygen atoms in total. The van der Waals surface area contributed by atoms with E-state index in [0.717, 1.165) is 32.5 Å². The van der Waals surface area contributed by atoms with E-state index in [2.05, 4.69) is 40.2 Å². The van der Waals surface area contributed by atoms with E-state index in [9.17, 15) is 18.0 Å². The molecule has 1 aliphatic rings. The Kier molecular flexibility index (Phi) is 8.57. The number of likely N-dealkylation sites (tertiary alicyclic amines) is 1. The van der Waals surface area contributed by atoms with Gasteiger partial charge in [-0.15, -0.1) is 0 Å². The lowest BCUT2D eigenvalue weighted by molar-refractivity contribution is -0.123. The van der Waals surface area contributed by atoms with Crippen molar-refractivity contribution in [3.05, 3.63) is 35.9 Å². The Morgan fingerprint density at radius 2 is 1.73 bits per heavy atom. The number of carbonyl (C=O) groups excluding carboxylic acids is 2. The van der Waals surface area contributed by atoms with Crippen molar-refractivity contribution in [3.63, 3.8) is 0 Å². The van der Waals surface area contributed by atoms with E-state index in [-0.39, 0.29) is 22.8 Å². The van der Waals surface area contributed by atoms with E-state index in [1.165, 1.54) is 43.7 Å². The fraction of sp³-hybridized carbons (Fsp3) is 0.524. The van der Waals surface area contributed by atoms with Crippen molar-refractivity contribution in [1.82, 2.24) is 14.9 Å². The molecule has 0 saturated carbocycles. The highest BCUT2D eigenvalue weighted by Gasteiger charge is 2.25. The summed E-state index contributed by atoms with van der Waals surface area (Å²) in [7, 11) is -3.85. The van der Waals surface area contributed by atoms with Gasteiger partial charge < -0.3 is 10.6 Å². The smallest absolute Gasteiger partial charge is 0.241 e. The molecule has 1 fully saturated rings. The quantitative estimate of drug-likeness (QED) is 0.539. The number of nitrogens with zero attached hydrogens (tertiary/aromatic N) is 1. The molecule has 0 radical (unpaired) electrons. The van der Waals surface area contributed by atoms with Crippen LogP contribution in [0.4, 0.5) is 5.69 Å². The van der Waals surface area contributed by atoms with Gasteiger partial charge >= 0.3 is 0 Å². The first kappa shape index (κ1) is 24.0. The summed E-state index contributed by atoms with van der Waals surface area (Å²) >= 11 is 0. The molecular weight excluding hydrogens is 404 g/mol. The van der Waals surface area contributed by atoms with Crippen LogP contribution in [0.1, 0.15) is 40.5 Å². The third-order valence-electron chi connectivity index (χ3n) is 4.90. The van der Waals surface area contributed by atoms with Gasteiger partial charge in [-0.25, -0.2) is 8.42 Å². The van der Waals surface area contributed by atoms with Crippen LogP contribution in [0, 0.1) is 0 Å². The van der Waals surface area contributed by atoms with Gasteiger partial charge in [-0.1, -0.05) is 11.6 Å². The summed E-state index contributed by atoms with van der Waals surface area (Å²) in [6.45, 7) is 9.77. The number of hydrogen-bond donors (Lipinski definition) is 3. The molecular formula is C21H32N4O4S. The van der Waals surface area contributed by atoms with E-state index in [4.69, 9.17) is 0 Å². The molecule has 30 heavy (non-hydrogen) atoms. The maximum Gasteiger partial charge on any atom is 0.241 e. The van der Waals surface area contributed by atoms with Crippen LogP contribution in [0.25, 0.3) is 0 Å². The molecule has 1 heterocycles. The SMILES string of the molecule is CC(=O)Nc1ccc(S(=O)(=O)N[C@@H](C)C(=O)NC2CCN(CC=C(C)C)CC2)cc1. The summed E-state index contributed by atoms with van der Waals surface area (Å²) in [6.07, 6.45) is 3.87. The number of piperidine rings is 1. The molecule has 0 aliphatic carbocycles. The van der Waals surface area contributed by atoms with E-state index >= 15 is 0 Å². The normalized spacial score (nSPS) is 16.5. The highest BCUT2D eigenvalue weighted by molar-refractivity contribution is 7.89. The maximum atomic E-state index is 12.6. The maximum absolute atomic E-state index is 12.6. The Morgan fingerprint density at radius 1 is 1.13 bits per heavy atom. The lowest BCUT2D eigenvalue weighted by Gasteiger charge is -2.32. The second kappa shape index (κ2) is 10.7. The zero-order chi connectivity index (χ0) is 22.3. The van der Waals surface area contributed by atoms with Gasteiger partial charge in [-0.3, -0.25) is 14.5 Å². The molecule has 0 aromatic heterocycles. The van der Waals surface area contributed by atoms with E-state index < -0.39 is 16.1 Å². The summed E-state index contributed by atoms with van der Waals surface area (Å²) in [5.41, 5.74) is 1.79. The van der Waals surface area contributed by atoms with Crippen molar-refractivity contribution in [2.45, 2.75) is 57.5 Å². The second-order valence-electron chi connectivity index (χ2n) is 7.91. The van der Waals surface area contributed by atoms with E-state index in [0.29, 0.717) is 5.69 Å². The minimum atomic E-state index is -3.85. The van der Waals surface area contributed by atoms with Crippen molar-refractivity contribution >= 4 is 27.5 Å². The molecule has 9 heteroatoms. The summed E-state index contributed by atoms with van der Waals surface area (Å²) in [5, 5.41) is 5.53. The number of rotatable bonds is 8. The molecule has 2 rings (SSSR count). The zero-order valence-electron chi connectivity index (χ0n) is 18.1. The molecule has 1 atom stereocenters. The fourth-order valence-corrected chi connectivity index (χ4v) is 4.38. The van der Waals surface area contributed by atoms with Crippen molar-refractivity contribution in [2.24, 2.45) is 0 Å². The Morgan fingerprint density at radius 3 is 2.27 bits per heavy atom. The van der Waals surface area contributed by atoms with Crippen molar-refractivity contribution < 1.29 is 18.0 Å². The van der Waals surface area contributed by atoms with E-state index in [1.807, 2.05) is 0 Å². The van der Waals surface area contributed by atoms with Crippen LogP contribution < -0.4 is 15.4 Å². The van der Waals surface area contributed by atoms with Crippen LogP contribution in [0.2, 0.25) is 0 Å². The van der Waals surface area contributed by atoms with Crippen LogP contribution in [-0.2, 0) is 19.6 Å². The first-order chi connectivity index (χ1) is 14.1. The van der Waals surface area contributed by atoms with Crippen LogP contribution in [0.3, 0.4) is 0 Å². The van der Waals surface area contributed by atoms with Gasteiger partial charge in [0.1, 0.15) is 0 Å². The number of hydrogen-bond acceptors (Lipinski definition) is 5. The standard InChI is InChI=1S/C21H32N4O4S/c1-15(2)9-12-25-13-10-19(11-14-25)23-21(27)16(3)24-30(28,29)20-7-5-18(6-8-20)22-17(4)26/h5-9,16,19,24H,10-14H2,1-4H3,(H,22,26)(H,23,27)/t16-/m0/s1. The monoisotopic (exact) mass is 436 g/mol. The predicted octanol–water partition coefficient (Wildman–Crippen LogP) is 1.86. The number of allylic oxidation sites excluding steroid dienone is 1. The Bertz CT molecular complexity index is 869. The molecule has 1 aromatic carbocycles. The van der Waals surface area contributed by atoms with Gasteiger partial charge in [0.05, 0.1) is 10.9 Å². The number of amides is 2. The van der Waals surface area contributed by atoms with Gasteiger partial charge in [0.15, 0.2) is 0 Å². The average Bonchev–Trinajstić information content (AvgIpc) is 2.67. The van der Waals surface area contributed by atoms with Crippen LogP contribution >= 0.6 is 0 Å². The summed E-state index contributed by atoms with van der Waals surface area (Å²) in [5.74, 6) is -0.576. The summed E-state index contributed by atoms with van der Waals surface area (Å²) < 4.78 is 27.5. The highest BCUT2D eigenvalue weighted by atomic mass is 32.2. The van der Waals surface area contributed by atoms with Crippen LogP contribution in [0.15, 0.2) is 40.8 Å². The summed E-state index contributed by atoms with van der Waals surface area (Å²) in [6, 6.07) is 4.94. The Balaban J connectivity index is 1.86. The summed E-state index contributed by atoms with van der Waals surface area (Å²) in [4.78, 5) is 25.9. The lowest BCUT2D eigenvalue weighted by Crippen LogP contribution is -2.51. The highest BCUT2D eigenvalue weighted by Crippen LogP contribution is 2.15. The van der Waals surface area contributed by atoms with Gasteiger partial charge in [0.25, 0.3) is 0 Å². The number of nitrogens with one attached hydrogen (secondary N) is 3. The largest absolute Gasteiger partial charge is 0.352 e. The van der Waals surface area contributed by atoms with E-state index in [1.54, 1.807) is 0 Å². The molecule has 1 aromatic rings. The molecule has 3 N–H and O–H groups in total. The van der Waals surface area contributed by atoms with Crippen molar-refractivity contribution in [1.29, 1.82) is 0 Å². The topological polar surface area (TPSA) is 108 Å². The first-order valence-electron chi connectivity index (χ1n) is 10.1. The molecule has 2 amide bonds. The second-order valence-corrected chi connectivity index (χ2v) is 9.63. The first-order valence-corrected chi connectivity index (χ1v) is 11.6. The number of carbonyl (C=O) groups is 2. The van der Waals surface area contributed by atoms with Gasteiger partial charge in [-0.2, -0.15) is 4.72 Å². The number of anilines is 1. The van der Waals surface area contributed by atoms with Gasteiger partial charge in [-0.05, 0) is 57.9 Å². The minimum absolute atomic E-state index is 0.0313. The van der Waals surface area contributed by atoms with Crippen LogP contribution in [0.5, 0.6) is 0 Å².